The van der Waals surface area contributed by atoms with E-state index in [0.29, 0.717) is 0 Å². The van der Waals surface area contributed by atoms with Crippen molar-refractivity contribution >= 4 is 33.9 Å². The minimum Gasteiger partial charge on any atom is -0.449 e. The third-order valence-corrected chi connectivity index (χ3v) is 4.13. The van der Waals surface area contributed by atoms with E-state index in [-0.39, 0.29) is 11.9 Å². The Morgan fingerprint density at radius 2 is 1.68 bits per heavy atom. The molecule has 25 heavy (non-hydrogen) atoms. The van der Waals surface area contributed by atoms with E-state index in [2.05, 4.69) is 21.2 Å². The van der Waals surface area contributed by atoms with Crippen LogP contribution in [0.1, 0.15) is 31.0 Å². The number of nitrogens with one attached hydrogen (secondary N) is 1. The summed E-state index contributed by atoms with van der Waals surface area (Å²) in [7, 11) is 0. The molecule has 0 saturated carbocycles. The van der Waals surface area contributed by atoms with Gasteiger partial charge >= 0.3 is 5.97 Å². The maximum Gasteiger partial charge on any atom is 0.331 e. The minimum absolute atomic E-state index is 0.159. The van der Waals surface area contributed by atoms with E-state index >= 15 is 0 Å². The molecular formula is C20H20BrNO3. The van der Waals surface area contributed by atoms with Crippen molar-refractivity contribution in [2.24, 2.45) is 0 Å². The summed E-state index contributed by atoms with van der Waals surface area (Å²) in [6.07, 6.45) is 2.09. The normalized spacial score (nSPS) is 13.2. The molecule has 0 radical (unpaired) electrons. The van der Waals surface area contributed by atoms with Gasteiger partial charge in [-0.15, -0.1) is 0 Å². The lowest BCUT2D eigenvalue weighted by atomic mass is 10.1. The maximum absolute atomic E-state index is 12.2. The molecule has 1 N–H and O–H groups in total. The second-order valence-corrected chi connectivity index (χ2v) is 6.52. The highest BCUT2D eigenvalue weighted by Crippen LogP contribution is 2.13. The maximum atomic E-state index is 12.2. The van der Waals surface area contributed by atoms with Crippen LogP contribution in [-0.4, -0.2) is 18.0 Å². The van der Waals surface area contributed by atoms with Crippen LogP contribution in [0.25, 0.3) is 6.08 Å². The number of hydrogen-bond acceptors (Lipinski definition) is 3. The molecule has 0 spiro atoms. The minimum atomic E-state index is -0.867. The highest BCUT2D eigenvalue weighted by molar-refractivity contribution is 9.10. The Balaban J connectivity index is 1.85. The van der Waals surface area contributed by atoms with Crippen molar-refractivity contribution in [1.82, 2.24) is 5.32 Å². The molecule has 2 rings (SSSR count). The van der Waals surface area contributed by atoms with Crippen molar-refractivity contribution in [3.8, 4) is 0 Å². The van der Waals surface area contributed by atoms with Gasteiger partial charge in [0.15, 0.2) is 6.10 Å². The van der Waals surface area contributed by atoms with Gasteiger partial charge in [0.1, 0.15) is 0 Å². The van der Waals surface area contributed by atoms with Crippen LogP contribution in [0.4, 0.5) is 0 Å². The van der Waals surface area contributed by atoms with Crippen molar-refractivity contribution in [1.29, 1.82) is 0 Å². The smallest absolute Gasteiger partial charge is 0.331 e. The van der Waals surface area contributed by atoms with E-state index in [4.69, 9.17) is 4.74 Å². The number of carbonyl (C=O) groups excluding carboxylic acids is 2. The second-order valence-electron chi connectivity index (χ2n) is 5.60. The van der Waals surface area contributed by atoms with Gasteiger partial charge < -0.3 is 10.1 Å². The van der Waals surface area contributed by atoms with E-state index in [9.17, 15) is 9.59 Å². The largest absolute Gasteiger partial charge is 0.449 e. The molecule has 0 fully saturated rings. The molecular weight excluding hydrogens is 382 g/mol. The third-order valence-electron chi connectivity index (χ3n) is 3.60. The molecule has 2 atom stereocenters. The quantitative estimate of drug-likeness (QED) is 0.580. The lowest BCUT2D eigenvalue weighted by molar-refractivity contribution is -0.150. The predicted octanol–water partition coefficient (Wildman–Crippen LogP) is 4.27. The summed E-state index contributed by atoms with van der Waals surface area (Å²) >= 11 is 3.35. The van der Waals surface area contributed by atoms with Crippen molar-refractivity contribution in [2.75, 3.05) is 0 Å². The lowest BCUT2D eigenvalue weighted by Crippen LogP contribution is -2.37. The number of amides is 1. The van der Waals surface area contributed by atoms with E-state index in [1.807, 2.05) is 61.5 Å². The fraction of sp³-hybridized carbons (Fsp3) is 0.200. The summed E-state index contributed by atoms with van der Waals surface area (Å²) in [5.41, 5.74) is 1.86. The molecule has 0 aromatic heterocycles. The fourth-order valence-corrected chi connectivity index (χ4v) is 2.43. The number of benzene rings is 2. The first-order valence-electron chi connectivity index (χ1n) is 7.95. The molecule has 2 unspecified atom stereocenters. The van der Waals surface area contributed by atoms with E-state index in [0.717, 1.165) is 15.6 Å². The molecule has 1 amide bonds. The van der Waals surface area contributed by atoms with Crippen molar-refractivity contribution in [3.63, 3.8) is 0 Å². The van der Waals surface area contributed by atoms with Crippen LogP contribution in [0.2, 0.25) is 0 Å². The molecule has 2 aromatic carbocycles. The van der Waals surface area contributed by atoms with Crippen LogP contribution < -0.4 is 5.32 Å². The summed E-state index contributed by atoms with van der Waals surface area (Å²) in [5, 5.41) is 2.84. The van der Waals surface area contributed by atoms with Gasteiger partial charge in [-0.25, -0.2) is 4.79 Å². The van der Waals surface area contributed by atoms with Crippen LogP contribution in [-0.2, 0) is 14.3 Å². The first-order valence-corrected chi connectivity index (χ1v) is 8.74. The van der Waals surface area contributed by atoms with Crippen molar-refractivity contribution < 1.29 is 14.3 Å². The third kappa shape index (κ3) is 6.19. The van der Waals surface area contributed by atoms with Gasteiger partial charge in [-0.2, -0.15) is 0 Å². The molecule has 0 aliphatic heterocycles. The van der Waals surface area contributed by atoms with E-state index in [1.165, 1.54) is 6.08 Å². The van der Waals surface area contributed by atoms with Crippen LogP contribution >= 0.6 is 15.9 Å². The van der Waals surface area contributed by atoms with Crippen LogP contribution in [0.5, 0.6) is 0 Å². The Kier molecular flexibility index (Phi) is 6.95. The van der Waals surface area contributed by atoms with Gasteiger partial charge in [-0.1, -0.05) is 58.4 Å². The summed E-state index contributed by atoms with van der Waals surface area (Å²) in [6, 6.07) is 16.9. The number of halogens is 1. The molecule has 0 saturated heterocycles. The Hall–Kier alpha value is -2.40. The zero-order valence-corrected chi connectivity index (χ0v) is 15.7. The molecule has 4 nitrogen and oxygen atoms in total. The van der Waals surface area contributed by atoms with Gasteiger partial charge in [0, 0.05) is 10.5 Å². The average Bonchev–Trinajstić information content (AvgIpc) is 2.61. The topological polar surface area (TPSA) is 55.4 Å². The summed E-state index contributed by atoms with van der Waals surface area (Å²) in [6.45, 7) is 3.44. The molecule has 130 valence electrons. The Labute approximate surface area is 156 Å². The van der Waals surface area contributed by atoms with Crippen molar-refractivity contribution in [2.45, 2.75) is 26.0 Å². The van der Waals surface area contributed by atoms with Gasteiger partial charge in [-0.05, 0) is 43.2 Å². The van der Waals surface area contributed by atoms with Gasteiger partial charge in [0.2, 0.25) is 0 Å². The molecule has 0 aliphatic carbocycles. The first kappa shape index (κ1) is 18.9. The Morgan fingerprint density at radius 3 is 2.32 bits per heavy atom. The monoisotopic (exact) mass is 401 g/mol. The fourth-order valence-electron chi connectivity index (χ4n) is 2.16. The first-order chi connectivity index (χ1) is 12.0. The molecule has 0 bridgehead atoms. The number of hydrogen-bond donors (Lipinski definition) is 1. The van der Waals surface area contributed by atoms with Gasteiger partial charge in [0.25, 0.3) is 5.91 Å². The van der Waals surface area contributed by atoms with Gasteiger partial charge in [-0.3, -0.25) is 4.79 Å². The zero-order chi connectivity index (χ0) is 18.2. The summed E-state index contributed by atoms with van der Waals surface area (Å²) in [5.74, 6) is -0.889. The average molecular weight is 402 g/mol. The molecule has 0 heterocycles. The van der Waals surface area contributed by atoms with E-state index in [1.54, 1.807) is 13.0 Å². The number of esters is 1. The number of ether oxygens (including phenoxy) is 1. The summed E-state index contributed by atoms with van der Waals surface area (Å²) in [4.78, 5) is 24.0. The highest BCUT2D eigenvalue weighted by Gasteiger charge is 2.18. The molecule has 0 aliphatic rings. The number of carbonyl (C=O) groups is 2. The van der Waals surface area contributed by atoms with Crippen LogP contribution in [0.15, 0.2) is 65.1 Å². The lowest BCUT2D eigenvalue weighted by Gasteiger charge is -2.17. The second kappa shape index (κ2) is 9.18. The molecule has 2 aromatic rings. The molecule has 5 heteroatoms. The van der Waals surface area contributed by atoms with Crippen LogP contribution in [0.3, 0.4) is 0 Å². The highest BCUT2D eigenvalue weighted by atomic mass is 79.9. The zero-order valence-electron chi connectivity index (χ0n) is 14.1. The van der Waals surface area contributed by atoms with Crippen molar-refractivity contribution in [3.05, 3.63) is 76.3 Å². The predicted molar refractivity (Wildman–Crippen MR) is 102 cm³/mol. The Morgan fingerprint density at radius 1 is 1.04 bits per heavy atom. The number of rotatable bonds is 6. The van der Waals surface area contributed by atoms with Gasteiger partial charge in [0.05, 0.1) is 6.04 Å². The SMILES string of the molecule is CC(OC(=O)/C=C/c1ccc(Br)cc1)C(=O)NC(C)c1ccccc1. The van der Waals surface area contributed by atoms with Crippen LogP contribution in [0, 0.1) is 0 Å². The van der Waals surface area contributed by atoms with E-state index < -0.39 is 12.1 Å². The standard InChI is InChI=1S/C20H20BrNO3/c1-14(17-6-4-3-5-7-17)22-20(24)15(2)25-19(23)13-10-16-8-11-18(21)12-9-16/h3-15H,1-2H3,(H,22,24)/b13-10+. The Bertz CT molecular complexity index is 741. The summed E-state index contributed by atoms with van der Waals surface area (Å²) < 4.78 is 6.11.